The first-order valence-electron chi connectivity index (χ1n) is 46.2. The molecule has 10 aromatic heterocycles. The molecule has 149 heavy (non-hydrogen) atoms. The minimum absolute atomic E-state index is 0.0430. The molecule has 0 saturated heterocycles. The van der Waals surface area contributed by atoms with Crippen molar-refractivity contribution in [3.8, 4) is 79.8 Å². The Morgan fingerprint density at radius 1 is 0.416 bits per heavy atom. The Hall–Kier alpha value is -20.2. The first-order chi connectivity index (χ1) is 72.3. The summed E-state index contributed by atoms with van der Waals surface area (Å²) in [5.41, 5.74) is 12.8. The molecular weight excluding hydrogens is 1950 g/mol. The van der Waals surface area contributed by atoms with E-state index in [0.29, 0.717) is 141 Å². The van der Waals surface area contributed by atoms with E-state index in [-0.39, 0.29) is 156 Å². The van der Waals surface area contributed by atoms with Crippen LogP contribution in [0.5, 0.6) is 11.5 Å². The van der Waals surface area contributed by atoms with Gasteiger partial charge in [0.1, 0.15) is 29.4 Å². The van der Waals surface area contributed by atoms with Crippen LogP contribution < -0.4 is 74.5 Å². The molecule has 0 unspecified atom stereocenters. The number of nitrogens with zero attached hydrogens (tertiary/aromatic N) is 20. The summed E-state index contributed by atoms with van der Waals surface area (Å²) in [6.07, 6.45) is 4.50. The first kappa shape index (κ1) is 95.0. The topological polar surface area (TPSA) is 630 Å². The number of carbonyl (C=O) groups is 5. The number of H-pyrrole nitrogens is 2. The number of ether oxygens (including phenoxy) is 3. The van der Waals surface area contributed by atoms with Crippen LogP contribution >= 0.6 is 0 Å². The number of anilines is 4. The molecule has 0 bridgehead atoms. The van der Waals surface area contributed by atoms with Crippen LogP contribution in [0.15, 0.2) is 260 Å². The summed E-state index contributed by atoms with van der Waals surface area (Å²) < 4.78 is 62.7. The number of aromatic nitrogens is 22. The highest BCUT2D eigenvalue weighted by atomic mass is 32.2. The van der Waals surface area contributed by atoms with E-state index in [4.69, 9.17) is 18.8 Å². The van der Waals surface area contributed by atoms with E-state index in [2.05, 4.69) is 105 Å². The van der Waals surface area contributed by atoms with E-state index >= 15 is 0 Å². The molecule has 20 aromatic rings. The van der Waals surface area contributed by atoms with Crippen molar-refractivity contribution in [2.45, 2.75) is 88.5 Å². The molecular formula is C99H81N27O22S. The maximum absolute atomic E-state index is 13.5. The van der Waals surface area contributed by atoms with Crippen LogP contribution in [0, 0.1) is 41.7 Å². The smallest absolute Gasteiger partial charge is 0.303 e. The standard InChI is InChI=1S/C27H23N7O8S.C25H21N7O6.C25H17N7O4.C22H20N6O4/c1-40-23-13-10-18(15-24(23)41-2)43(38,39)31-17-7-5-6-16(14-17)28-27(35)19-8-3-4-9-20(19)32-29-25-21(33(32)36)11-12-22-26(25)30-42-34(22)37;33-14-37-13-16(11-15-12-26-19-7-3-1-5-17(15)19)27-25(34)18-6-2-4-8-20(18)30-28-23-21(31(30)35)9-10-22-24(23)29-38-32(22)36;33-25(27-18-10-5-8-15-14-6-1-3-9-17(14)26-22(15)18)16-7-2-4-11-19(16)30-28-23-20(31(30)34)12-13-21-24(23)29-36-32(21)35;1-13(2)14-7-9-15(10-8-14)23-22(29)16-5-3-4-6-17(16)26-24-20-18(27(26)30)11-12-19-21(20)25-32-28(19)31/h3-10,13-15,31H,11-12H2,1-2H3,(H,28,35);1-8,12,14,16,26H,9-11,13H2,(H,27,34);1-11,26H,12-13H2,(H,27,33);3-10,13H,11-12H2,1-2H3,(H,23,29)/t;16-;;/m.1../s1. The van der Waals surface area contributed by atoms with E-state index in [1.54, 1.807) is 103 Å². The lowest BCUT2D eigenvalue weighted by molar-refractivity contribution is -0.808. The highest BCUT2D eigenvalue weighted by Gasteiger charge is 2.45. The number of amides is 4. The summed E-state index contributed by atoms with van der Waals surface area (Å²) in [5, 5.41) is 147. The van der Waals surface area contributed by atoms with Crippen molar-refractivity contribution in [1.82, 2.24) is 75.5 Å². The number of sulfonamides is 1. The van der Waals surface area contributed by atoms with Crippen LogP contribution in [0.1, 0.15) is 118 Å². The number of fused-ring (bicyclic) bond motifs is 16. The summed E-state index contributed by atoms with van der Waals surface area (Å²) in [6, 6.07) is 65.1. The quantitative estimate of drug-likeness (QED) is 0.0182. The molecule has 4 aliphatic carbocycles. The van der Waals surface area contributed by atoms with Gasteiger partial charge >= 0.3 is 45.6 Å². The first-order valence-corrected chi connectivity index (χ1v) is 47.7. The summed E-state index contributed by atoms with van der Waals surface area (Å²) >= 11 is 0. The normalized spacial score (nSPS) is 12.6. The molecule has 7 N–H and O–H groups in total. The van der Waals surface area contributed by atoms with E-state index in [9.17, 15) is 74.0 Å². The van der Waals surface area contributed by atoms with Gasteiger partial charge in [-0.25, -0.2) is 8.42 Å². The van der Waals surface area contributed by atoms with E-state index in [1.807, 2.05) is 97.2 Å². The zero-order valence-electron chi connectivity index (χ0n) is 78.7. The van der Waals surface area contributed by atoms with E-state index in [1.165, 1.54) is 56.2 Å². The van der Waals surface area contributed by atoms with Crippen LogP contribution in [0.25, 0.3) is 101 Å². The Labute approximate surface area is 838 Å². The minimum atomic E-state index is -4.02. The van der Waals surface area contributed by atoms with Crippen LogP contribution in [0.3, 0.4) is 0 Å². The van der Waals surface area contributed by atoms with Crippen molar-refractivity contribution in [2.75, 3.05) is 41.5 Å². The second-order valence-corrected chi connectivity index (χ2v) is 36.4. The van der Waals surface area contributed by atoms with Crippen molar-refractivity contribution in [3.05, 3.63) is 357 Å². The Morgan fingerprint density at radius 2 is 0.812 bits per heavy atom. The summed E-state index contributed by atoms with van der Waals surface area (Å²) in [5.74, 6) is -0.812. The van der Waals surface area contributed by atoms with E-state index < -0.39 is 33.8 Å². The van der Waals surface area contributed by atoms with Gasteiger partial charge in [-0.05, 0) is 171 Å². The second kappa shape index (κ2) is 39.2. The average Bonchev–Trinajstić information content (AvgIpc) is 1.58. The molecule has 0 spiro atoms. The Kier molecular flexibility index (Phi) is 25.0. The van der Waals surface area contributed by atoms with Gasteiger partial charge < -0.3 is 87.1 Å². The number of methoxy groups -OCH3 is 2. The fourth-order valence-corrected chi connectivity index (χ4v) is 19.3. The van der Waals surface area contributed by atoms with Gasteiger partial charge in [-0.2, -0.15) is 0 Å². The maximum Gasteiger partial charge on any atom is 0.303 e. The number of aromatic amines is 2. The van der Waals surface area contributed by atoms with Gasteiger partial charge in [0.15, 0.2) is 34.3 Å². The summed E-state index contributed by atoms with van der Waals surface area (Å²) in [6.45, 7) is 4.49. The lowest BCUT2D eigenvalue weighted by Gasteiger charge is -2.18. The Morgan fingerprint density at radius 3 is 1.27 bits per heavy atom. The lowest BCUT2D eigenvalue weighted by Crippen LogP contribution is -2.43. The molecule has 49 nitrogen and oxygen atoms in total. The molecule has 10 heterocycles. The van der Waals surface area contributed by atoms with Gasteiger partial charge in [-0.1, -0.05) is 129 Å². The molecule has 24 rings (SSSR count). The number of carbonyl (C=O) groups excluding carboxylic acids is 5. The second-order valence-electron chi connectivity index (χ2n) is 34.7. The van der Waals surface area contributed by atoms with Crippen molar-refractivity contribution >= 4 is 95.6 Å². The van der Waals surface area contributed by atoms with Crippen LogP contribution in [-0.4, -0.2) is 136 Å². The Bertz CT molecular complexity index is 8810. The van der Waals surface area contributed by atoms with Gasteiger partial charge in [-0.3, -0.25) is 47.2 Å². The fourth-order valence-electron chi connectivity index (χ4n) is 18.2. The van der Waals surface area contributed by atoms with Crippen LogP contribution in [-0.2, 0) is 77.3 Å². The molecule has 0 fully saturated rings. The van der Waals surface area contributed by atoms with Gasteiger partial charge in [-0.15, -0.1) is 19.4 Å². The van der Waals surface area contributed by atoms with Gasteiger partial charge in [0.05, 0.1) is 105 Å². The van der Waals surface area contributed by atoms with Crippen molar-refractivity contribution < 1.29 is 104 Å². The highest BCUT2D eigenvalue weighted by molar-refractivity contribution is 7.92. The third-order valence-electron chi connectivity index (χ3n) is 25.5. The molecule has 1 atom stereocenters. The minimum Gasteiger partial charge on any atom is -0.692 e. The number of rotatable bonds is 23. The maximum atomic E-state index is 13.5. The number of hydrogen-bond acceptors (Lipinski definition) is 30. The summed E-state index contributed by atoms with van der Waals surface area (Å²) in [7, 11) is -1.17. The zero-order valence-corrected chi connectivity index (χ0v) is 79.5. The lowest BCUT2D eigenvalue weighted by atomic mass is 10.0. The van der Waals surface area contributed by atoms with Crippen molar-refractivity contribution in [2.24, 2.45) is 0 Å². The molecule has 4 aliphatic rings. The third kappa shape index (κ3) is 17.8. The van der Waals surface area contributed by atoms with Crippen LogP contribution in [0.2, 0.25) is 0 Å². The van der Waals surface area contributed by atoms with Crippen molar-refractivity contribution in [3.63, 3.8) is 0 Å². The molecule has 4 amide bonds. The molecule has 0 saturated carbocycles. The molecule has 0 radical (unpaired) electrons. The van der Waals surface area contributed by atoms with Crippen molar-refractivity contribution in [1.29, 1.82) is 0 Å². The van der Waals surface area contributed by atoms with Crippen LogP contribution in [0.4, 0.5) is 22.7 Å². The predicted octanol–water partition coefficient (Wildman–Crippen LogP) is 7.90. The molecule has 50 heteroatoms. The number of hydrogen-bond donors (Lipinski definition) is 7. The molecule has 0 aliphatic heterocycles. The van der Waals surface area contributed by atoms with Gasteiger partial charge in [0.2, 0.25) is 22.8 Å². The number of para-hydroxylation sites is 7. The largest absolute Gasteiger partial charge is 0.692 e. The average molecular weight is 2030 g/mol. The monoisotopic (exact) mass is 2030 g/mol. The zero-order chi connectivity index (χ0) is 103. The molecule has 750 valence electrons. The Balaban J connectivity index is 0.000000117. The molecule has 10 aromatic carbocycles. The van der Waals surface area contributed by atoms with E-state index in [0.717, 1.165) is 57.5 Å². The third-order valence-corrected chi connectivity index (χ3v) is 26.9. The van der Waals surface area contributed by atoms with Gasteiger partial charge in [0, 0.05) is 102 Å². The SMILES string of the molecule is CC(C)c1ccc(NC(=O)c2ccccc2-n2nc3c([n+]2[O-])CCc2c-3no[n+]2[O-])cc1.COc1ccc(S(=O)(=O)Nc2cccc(NC(=O)c3ccccc3-n3nc4c([n+]3[O-])CCc3c-4no[n+]3[O-])c2)cc1OC.O=C(Nc1cccc2c1[nH]c1ccccc12)c1ccccc1-n1nc2c([n+]1[O-])CCc1c-2no[n+]1[O-].O=COC[C@@H](Cc1c[nH]c2ccccc12)NC(=O)c1ccccc1-n1nc2c([n+]1[O-])CCc1c-2no[n+]1[O-]. The van der Waals surface area contributed by atoms with Gasteiger partial charge in [0.25, 0.3) is 40.1 Å². The summed E-state index contributed by atoms with van der Waals surface area (Å²) in [4.78, 5) is 78.8. The highest BCUT2D eigenvalue weighted by Crippen LogP contribution is 2.38. The number of benzene rings is 10. The number of nitrogens with one attached hydrogen (secondary N) is 7. The predicted molar refractivity (Wildman–Crippen MR) is 520 cm³/mol. The fraction of sp³-hybridized carbons (Fsp3) is 0.162.